The molecule has 0 radical (unpaired) electrons. The summed E-state index contributed by atoms with van der Waals surface area (Å²) in [7, 11) is 1.30. The lowest BCUT2D eigenvalue weighted by molar-refractivity contribution is 0.0597. The zero-order valence-corrected chi connectivity index (χ0v) is 20.4. The van der Waals surface area contributed by atoms with Crippen LogP contribution in [0, 0.1) is 0 Å². The molecule has 0 amide bonds. The standard InChI is InChI=1S/C26H26ClN5O3/c1-3-4-9-23-30-25(27)22(15-31-17-28-16-29-31)32(23)14-18-10-12-19(13-11-18)24(33)20-7-5-6-8-21(20)26(34)35-2/h5-8,10-13,16-17H,3-4,9,14-15H2,1-2H3. The fourth-order valence-corrected chi connectivity index (χ4v) is 4.16. The van der Waals surface area contributed by atoms with Crippen molar-refractivity contribution in [3.05, 3.63) is 100 Å². The number of aryl methyl sites for hydroxylation is 1. The van der Waals surface area contributed by atoms with Gasteiger partial charge in [0.05, 0.1) is 24.9 Å². The lowest BCUT2D eigenvalue weighted by Gasteiger charge is -2.13. The molecule has 0 N–H and O–H groups in total. The first-order valence-corrected chi connectivity index (χ1v) is 11.8. The van der Waals surface area contributed by atoms with Crippen LogP contribution in [0.1, 0.15) is 63.1 Å². The molecule has 0 fully saturated rings. The third-order valence-electron chi connectivity index (χ3n) is 5.77. The number of imidazole rings is 1. The van der Waals surface area contributed by atoms with Gasteiger partial charge in [-0.05, 0) is 18.1 Å². The van der Waals surface area contributed by atoms with Crippen molar-refractivity contribution in [1.29, 1.82) is 0 Å². The van der Waals surface area contributed by atoms with Gasteiger partial charge in [0.2, 0.25) is 0 Å². The van der Waals surface area contributed by atoms with Crippen molar-refractivity contribution in [3.63, 3.8) is 0 Å². The van der Waals surface area contributed by atoms with Gasteiger partial charge in [-0.25, -0.2) is 19.4 Å². The van der Waals surface area contributed by atoms with Crippen LogP contribution in [0.25, 0.3) is 0 Å². The summed E-state index contributed by atoms with van der Waals surface area (Å²) in [6.07, 6.45) is 6.00. The zero-order valence-electron chi connectivity index (χ0n) is 19.6. The lowest BCUT2D eigenvalue weighted by Crippen LogP contribution is -2.13. The Morgan fingerprint density at radius 1 is 1.03 bits per heavy atom. The second-order valence-corrected chi connectivity index (χ2v) is 8.47. The van der Waals surface area contributed by atoms with Crippen LogP contribution in [-0.4, -0.2) is 43.2 Å². The van der Waals surface area contributed by atoms with Crippen molar-refractivity contribution in [3.8, 4) is 0 Å². The lowest BCUT2D eigenvalue weighted by atomic mass is 9.97. The van der Waals surface area contributed by atoms with Gasteiger partial charge in [0.15, 0.2) is 10.9 Å². The molecule has 0 aliphatic carbocycles. The van der Waals surface area contributed by atoms with Crippen LogP contribution in [0.2, 0.25) is 5.15 Å². The summed E-state index contributed by atoms with van der Waals surface area (Å²) >= 11 is 6.52. The van der Waals surface area contributed by atoms with Gasteiger partial charge in [-0.2, -0.15) is 5.10 Å². The largest absolute Gasteiger partial charge is 0.465 e. The fourth-order valence-electron chi connectivity index (χ4n) is 3.90. The summed E-state index contributed by atoms with van der Waals surface area (Å²) in [6, 6.07) is 14.0. The molecule has 4 aromatic rings. The van der Waals surface area contributed by atoms with Crippen LogP contribution >= 0.6 is 11.6 Å². The molecule has 0 bridgehead atoms. The number of benzene rings is 2. The number of hydrogen-bond donors (Lipinski definition) is 0. The van der Waals surface area contributed by atoms with E-state index in [-0.39, 0.29) is 11.3 Å². The molecule has 0 atom stereocenters. The van der Waals surface area contributed by atoms with Crippen molar-refractivity contribution >= 4 is 23.4 Å². The van der Waals surface area contributed by atoms with Crippen molar-refractivity contribution in [1.82, 2.24) is 24.3 Å². The van der Waals surface area contributed by atoms with Gasteiger partial charge >= 0.3 is 5.97 Å². The van der Waals surface area contributed by atoms with E-state index in [0.29, 0.717) is 29.4 Å². The molecule has 2 heterocycles. The monoisotopic (exact) mass is 491 g/mol. The van der Waals surface area contributed by atoms with Gasteiger partial charge in [0.1, 0.15) is 18.5 Å². The number of rotatable bonds is 10. The SMILES string of the molecule is CCCCc1nc(Cl)c(Cn2cncn2)n1Cc1ccc(C(=O)c2ccccc2C(=O)OC)cc1. The van der Waals surface area contributed by atoms with Crippen LogP contribution in [0.3, 0.4) is 0 Å². The van der Waals surface area contributed by atoms with E-state index in [1.165, 1.54) is 13.4 Å². The van der Waals surface area contributed by atoms with Crippen molar-refractivity contribution in [2.24, 2.45) is 0 Å². The maximum atomic E-state index is 13.1. The minimum atomic E-state index is -0.540. The molecule has 0 aliphatic rings. The molecule has 0 unspecified atom stereocenters. The number of ketones is 1. The average Bonchev–Trinajstić information content (AvgIpc) is 3.51. The summed E-state index contributed by atoms with van der Waals surface area (Å²) in [6.45, 7) is 3.15. The number of esters is 1. The molecule has 9 heteroatoms. The minimum absolute atomic E-state index is 0.237. The van der Waals surface area contributed by atoms with Gasteiger partial charge in [-0.15, -0.1) is 0 Å². The number of hydrogen-bond acceptors (Lipinski definition) is 6. The molecule has 0 spiro atoms. The Morgan fingerprint density at radius 2 is 1.77 bits per heavy atom. The zero-order chi connectivity index (χ0) is 24.8. The van der Waals surface area contributed by atoms with Crippen molar-refractivity contribution < 1.29 is 14.3 Å². The number of aromatic nitrogens is 5. The van der Waals surface area contributed by atoms with E-state index in [1.54, 1.807) is 47.4 Å². The van der Waals surface area contributed by atoms with E-state index in [2.05, 4.69) is 26.6 Å². The van der Waals surface area contributed by atoms with E-state index in [0.717, 1.165) is 36.3 Å². The molecule has 0 aliphatic heterocycles. The second kappa shape index (κ2) is 11.1. The normalized spacial score (nSPS) is 10.9. The average molecular weight is 492 g/mol. The van der Waals surface area contributed by atoms with E-state index in [9.17, 15) is 9.59 Å². The highest BCUT2D eigenvalue weighted by Crippen LogP contribution is 2.23. The van der Waals surface area contributed by atoms with E-state index < -0.39 is 5.97 Å². The molecule has 4 rings (SSSR count). The number of nitrogens with zero attached hydrogens (tertiary/aromatic N) is 5. The van der Waals surface area contributed by atoms with E-state index in [1.807, 2.05) is 12.1 Å². The summed E-state index contributed by atoms with van der Waals surface area (Å²) in [5, 5.41) is 4.65. The second-order valence-electron chi connectivity index (χ2n) is 8.11. The summed E-state index contributed by atoms with van der Waals surface area (Å²) in [5.74, 6) is 0.139. The molecule has 8 nitrogen and oxygen atoms in total. The number of carbonyl (C=O) groups excluding carboxylic acids is 2. The van der Waals surface area contributed by atoms with Gasteiger partial charge in [-0.3, -0.25) is 4.79 Å². The summed E-state index contributed by atoms with van der Waals surface area (Å²) in [4.78, 5) is 33.8. The molecule has 2 aromatic carbocycles. The Labute approximate surface area is 208 Å². The van der Waals surface area contributed by atoms with Crippen LogP contribution in [0.4, 0.5) is 0 Å². The first-order chi connectivity index (χ1) is 17.0. The van der Waals surface area contributed by atoms with Crippen LogP contribution < -0.4 is 0 Å². The predicted molar refractivity (Wildman–Crippen MR) is 132 cm³/mol. The number of methoxy groups -OCH3 is 1. The van der Waals surface area contributed by atoms with Crippen LogP contribution in [-0.2, 0) is 24.2 Å². The van der Waals surface area contributed by atoms with E-state index in [4.69, 9.17) is 16.3 Å². The molecular weight excluding hydrogens is 466 g/mol. The van der Waals surface area contributed by atoms with Crippen molar-refractivity contribution in [2.75, 3.05) is 7.11 Å². The fraction of sp³-hybridized carbons (Fsp3) is 0.269. The van der Waals surface area contributed by atoms with E-state index >= 15 is 0 Å². The predicted octanol–water partition coefficient (Wildman–Crippen LogP) is 4.58. The highest BCUT2D eigenvalue weighted by Gasteiger charge is 2.20. The van der Waals surface area contributed by atoms with Crippen LogP contribution in [0.5, 0.6) is 0 Å². The Hall–Kier alpha value is -3.78. The van der Waals surface area contributed by atoms with Gasteiger partial charge in [0.25, 0.3) is 0 Å². The number of carbonyl (C=O) groups is 2. The molecule has 0 saturated heterocycles. The molecule has 35 heavy (non-hydrogen) atoms. The highest BCUT2D eigenvalue weighted by molar-refractivity contribution is 6.30. The topological polar surface area (TPSA) is 91.9 Å². The summed E-state index contributed by atoms with van der Waals surface area (Å²) in [5.41, 5.74) is 2.90. The molecule has 0 saturated carbocycles. The van der Waals surface area contributed by atoms with Crippen molar-refractivity contribution in [2.45, 2.75) is 39.3 Å². The number of unbranched alkanes of at least 4 members (excludes halogenated alkanes) is 1. The Kier molecular flexibility index (Phi) is 7.72. The molecule has 2 aromatic heterocycles. The number of ether oxygens (including phenoxy) is 1. The summed E-state index contributed by atoms with van der Waals surface area (Å²) < 4.78 is 8.64. The smallest absolute Gasteiger partial charge is 0.338 e. The maximum Gasteiger partial charge on any atom is 0.338 e. The first-order valence-electron chi connectivity index (χ1n) is 11.4. The Balaban J connectivity index is 1.60. The quantitative estimate of drug-likeness (QED) is 0.238. The Bertz CT molecular complexity index is 1310. The van der Waals surface area contributed by atoms with Crippen LogP contribution in [0.15, 0.2) is 61.2 Å². The first kappa shape index (κ1) is 24.3. The maximum absolute atomic E-state index is 13.1. The Morgan fingerprint density at radius 3 is 2.43 bits per heavy atom. The minimum Gasteiger partial charge on any atom is -0.465 e. The third kappa shape index (κ3) is 5.49. The third-order valence-corrected chi connectivity index (χ3v) is 6.07. The van der Waals surface area contributed by atoms with Gasteiger partial charge in [-0.1, -0.05) is 67.4 Å². The highest BCUT2D eigenvalue weighted by atomic mass is 35.5. The molecule has 180 valence electrons. The number of halogens is 1. The van der Waals surface area contributed by atoms with Gasteiger partial charge < -0.3 is 9.30 Å². The van der Waals surface area contributed by atoms with Gasteiger partial charge in [0, 0.05) is 24.1 Å². The molecular formula is C26H26ClN5O3.